The van der Waals surface area contributed by atoms with Gasteiger partial charge in [0.15, 0.2) is 6.61 Å². The molecule has 0 spiro atoms. The van der Waals surface area contributed by atoms with Gasteiger partial charge < -0.3 is 9.64 Å². The number of anilines is 1. The minimum Gasteiger partial charge on any atom is -0.482 e. The lowest BCUT2D eigenvalue weighted by Crippen LogP contribution is -2.47. The van der Waals surface area contributed by atoms with Gasteiger partial charge in [0.2, 0.25) is 15.9 Å². The van der Waals surface area contributed by atoms with Crippen molar-refractivity contribution in [2.45, 2.75) is 38.0 Å². The fourth-order valence-electron chi connectivity index (χ4n) is 3.61. The lowest BCUT2D eigenvalue weighted by Gasteiger charge is -2.33. The van der Waals surface area contributed by atoms with Crippen LogP contribution in [0, 0.1) is 0 Å². The zero-order valence-corrected chi connectivity index (χ0v) is 17.2. The van der Waals surface area contributed by atoms with Crippen molar-refractivity contribution in [2.75, 3.05) is 44.2 Å². The number of piperidine rings is 1. The number of likely N-dealkylation sites (tertiary alicyclic amines) is 1. The van der Waals surface area contributed by atoms with Crippen LogP contribution in [0.3, 0.4) is 0 Å². The topological polar surface area (TPSA) is 87.2 Å². The summed E-state index contributed by atoms with van der Waals surface area (Å²) in [5.74, 6) is -0.0716. The summed E-state index contributed by atoms with van der Waals surface area (Å²) in [7, 11) is -3.68. The third kappa shape index (κ3) is 4.00. The van der Waals surface area contributed by atoms with E-state index in [-0.39, 0.29) is 29.9 Å². The van der Waals surface area contributed by atoms with E-state index in [1.807, 2.05) is 0 Å². The summed E-state index contributed by atoms with van der Waals surface area (Å²) >= 11 is 0. The van der Waals surface area contributed by atoms with E-state index in [0.29, 0.717) is 37.6 Å². The smallest absolute Gasteiger partial charge is 0.265 e. The van der Waals surface area contributed by atoms with Crippen molar-refractivity contribution in [2.24, 2.45) is 0 Å². The zero-order valence-electron chi connectivity index (χ0n) is 16.4. The van der Waals surface area contributed by atoms with Crippen LogP contribution in [0.4, 0.5) is 5.69 Å². The summed E-state index contributed by atoms with van der Waals surface area (Å²) in [5.41, 5.74) is 0.329. The van der Waals surface area contributed by atoms with Crippen LogP contribution in [-0.4, -0.2) is 68.8 Å². The molecular weight excluding hydrogens is 382 g/mol. The molecule has 0 radical (unpaired) electrons. The first kappa shape index (κ1) is 20.6. The first-order chi connectivity index (χ1) is 13.4. The van der Waals surface area contributed by atoms with Gasteiger partial charge in [-0.25, -0.2) is 8.42 Å². The molecule has 2 aliphatic rings. The van der Waals surface area contributed by atoms with E-state index >= 15 is 0 Å². The van der Waals surface area contributed by atoms with Gasteiger partial charge in [-0.1, -0.05) is 13.8 Å². The highest BCUT2D eigenvalue weighted by atomic mass is 32.2. The van der Waals surface area contributed by atoms with Crippen LogP contribution < -0.4 is 9.64 Å². The fourth-order valence-corrected chi connectivity index (χ4v) is 5.09. The van der Waals surface area contributed by atoms with E-state index in [1.54, 1.807) is 24.8 Å². The Morgan fingerprint density at radius 3 is 2.46 bits per heavy atom. The van der Waals surface area contributed by atoms with Crippen molar-refractivity contribution >= 4 is 27.5 Å². The van der Waals surface area contributed by atoms with Gasteiger partial charge in [-0.2, -0.15) is 4.31 Å². The molecular formula is C19H27N3O5S. The molecule has 8 nitrogen and oxygen atoms in total. The summed E-state index contributed by atoms with van der Waals surface area (Å²) in [4.78, 5) is 28.3. The molecule has 0 N–H and O–H groups in total. The van der Waals surface area contributed by atoms with E-state index in [2.05, 4.69) is 0 Å². The van der Waals surface area contributed by atoms with Gasteiger partial charge in [-0.3, -0.25) is 14.5 Å². The molecule has 1 fully saturated rings. The quantitative estimate of drug-likeness (QED) is 0.710. The van der Waals surface area contributed by atoms with E-state index in [9.17, 15) is 18.0 Å². The number of hydrogen-bond donors (Lipinski definition) is 0. The molecule has 1 aromatic rings. The van der Waals surface area contributed by atoms with Crippen LogP contribution in [0.1, 0.15) is 33.1 Å². The van der Waals surface area contributed by atoms with Gasteiger partial charge in [0, 0.05) is 26.2 Å². The van der Waals surface area contributed by atoms with Crippen molar-refractivity contribution in [3.05, 3.63) is 18.2 Å². The molecule has 28 heavy (non-hydrogen) atoms. The molecule has 0 bridgehead atoms. The maximum Gasteiger partial charge on any atom is 0.265 e. The van der Waals surface area contributed by atoms with Gasteiger partial charge in [0.25, 0.3) is 5.91 Å². The number of hydrogen-bond acceptors (Lipinski definition) is 5. The normalized spacial score (nSPS) is 17.5. The Morgan fingerprint density at radius 2 is 1.82 bits per heavy atom. The molecule has 0 unspecified atom stereocenters. The number of fused-ring (bicyclic) bond motifs is 1. The maximum atomic E-state index is 12.8. The van der Waals surface area contributed by atoms with Crippen LogP contribution >= 0.6 is 0 Å². The monoisotopic (exact) mass is 409 g/mol. The highest BCUT2D eigenvalue weighted by Gasteiger charge is 2.31. The Morgan fingerprint density at radius 1 is 1.14 bits per heavy atom. The number of carbonyl (C=O) groups excluding carboxylic acids is 2. The lowest BCUT2D eigenvalue weighted by molar-refractivity contribution is -0.132. The molecule has 0 aliphatic carbocycles. The first-order valence-corrected chi connectivity index (χ1v) is 11.2. The molecule has 2 heterocycles. The number of amides is 2. The molecule has 2 aliphatic heterocycles. The van der Waals surface area contributed by atoms with E-state index < -0.39 is 10.0 Å². The van der Waals surface area contributed by atoms with Crippen LogP contribution in [0.2, 0.25) is 0 Å². The van der Waals surface area contributed by atoms with Crippen LogP contribution in [0.25, 0.3) is 0 Å². The number of carbonyl (C=O) groups is 2. The Bertz CT molecular complexity index is 845. The number of nitrogens with zero attached hydrogens (tertiary/aromatic N) is 3. The van der Waals surface area contributed by atoms with Gasteiger partial charge >= 0.3 is 0 Å². The third-order valence-corrected chi connectivity index (χ3v) is 7.26. The number of benzene rings is 1. The fraction of sp³-hybridized carbons (Fsp3) is 0.579. The van der Waals surface area contributed by atoms with Gasteiger partial charge in [-0.05, 0) is 37.5 Å². The van der Waals surface area contributed by atoms with Gasteiger partial charge in [-0.15, -0.1) is 0 Å². The van der Waals surface area contributed by atoms with Crippen molar-refractivity contribution in [3.63, 3.8) is 0 Å². The van der Waals surface area contributed by atoms with Gasteiger partial charge in [0.1, 0.15) is 12.3 Å². The lowest BCUT2D eigenvalue weighted by atomic mass is 10.1. The molecule has 0 saturated carbocycles. The van der Waals surface area contributed by atoms with Crippen molar-refractivity contribution in [3.8, 4) is 5.75 Å². The summed E-state index contributed by atoms with van der Waals surface area (Å²) in [6, 6.07) is 4.47. The van der Waals surface area contributed by atoms with Crippen LogP contribution in [0.5, 0.6) is 5.75 Å². The second-order valence-electron chi connectivity index (χ2n) is 6.93. The summed E-state index contributed by atoms with van der Waals surface area (Å²) in [6.45, 7) is 5.37. The first-order valence-electron chi connectivity index (χ1n) is 9.73. The van der Waals surface area contributed by atoms with Gasteiger partial charge in [0.05, 0.1) is 10.6 Å². The molecule has 0 aromatic heterocycles. The minimum absolute atomic E-state index is 0.0867. The highest BCUT2D eigenvalue weighted by Crippen LogP contribution is 2.35. The van der Waals surface area contributed by atoms with E-state index in [0.717, 1.165) is 19.3 Å². The standard InChI is InChI=1S/C19H27N3O5S/c1-3-21(4-2)28(25,26)15-8-9-17-16(12-15)22(19(24)14-27-17)13-18(23)20-10-6-5-7-11-20/h8-9,12H,3-7,10-11,13-14H2,1-2H3. The SMILES string of the molecule is CCN(CC)S(=O)(=O)c1ccc2c(c1)N(CC(=O)N1CCCCC1)C(=O)CO2. The van der Waals surface area contributed by atoms with Crippen molar-refractivity contribution in [1.29, 1.82) is 0 Å². The second kappa shape index (κ2) is 8.48. The Hall–Kier alpha value is -2.13. The molecule has 2 amide bonds. The molecule has 9 heteroatoms. The predicted octanol–water partition coefficient (Wildman–Crippen LogP) is 1.46. The highest BCUT2D eigenvalue weighted by molar-refractivity contribution is 7.89. The molecule has 1 aromatic carbocycles. The summed E-state index contributed by atoms with van der Waals surface area (Å²) in [5, 5.41) is 0. The maximum absolute atomic E-state index is 12.8. The predicted molar refractivity (Wildman–Crippen MR) is 105 cm³/mol. The number of rotatable bonds is 6. The zero-order chi connectivity index (χ0) is 20.3. The van der Waals surface area contributed by atoms with Crippen LogP contribution in [0.15, 0.2) is 23.1 Å². The summed E-state index contributed by atoms with van der Waals surface area (Å²) < 4.78 is 32.5. The molecule has 1 saturated heterocycles. The largest absolute Gasteiger partial charge is 0.482 e. The third-order valence-electron chi connectivity index (χ3n) is 5.22. The molecule has 3 rings (SSSR count). The number of ether oxygens (including phenoxy) is 1. The average molecular weight is 410 g/mol. The Kier molecular flexibility index (Phi) is 6.24. The molecule has 154 valence electrons. The Labute approximate surface area is 166 Å². The average Bonchev–Trinajstić information content (AvgIpc) is 2.71. The second-order valence-corrected chi connectivity index (χ2v) is 8.87. The number of sulfonamides is 1. The minimum atomic E-state index is -3.68. The molecule has 0 atom stereocenters. The Balaban J connectivity index is 1.91. The van der Waals surface area contributed by atoms with Crippen molar-refractivity contribution < 1.29 is 22.7 Å². The summed E-state index contributed by atoms with van der Waals surface area (Å²) in [6.07, 6.45) is 3.03. The van der Waals surface area contributed by atoms with E-state index in [1.165, 1.54) is 21.3 Å². The van der Waals surface area contributed by atoms with Crippen LogP contribution in [-0.2, 0) is 19.6 Å². The van der Waals surface area contributed by atoms with E-state index in [4.69, 9.17) is 4.74 Å². The van der Waals surface area contributed by atoms with Crippen molar-refractivity contribution in [1.82, 2.24) is 9.21 Å².